The zero-order chi connectivity index (χ0) is 21.2. The van der Waals surface area contributed by atoms with Crippen LogP contribution in [0.2, 0.25) is 0 Å². The van der Waals surface area contributed by atoms with Gasteiger partial charge in [0.1, 0.15) is 18.5 Å². The molecule has 2 rings (SSSR count). The molecule has 1 aliphatic carbocycles. The van der Waals surface area contributed by atoms with Crippen LogP contribution in [0.4, 0.5) is 0 Å². The Morgan fingerprint density at radius 2 is 2.05 bits per heavy atom. The van der Waals surface area contributed by atoms with Gasteiger partial charge >= 0.3 is 0 Å². The first-order valence-corrected chi connectivity index (χ1v) is 7.70. The molecule has 0 spiro atoms. The molecular weight excluding hydrogens is 278 g/mol. The summed E-state index contributed by atoms with van der Waals surface area (Å²) in [6.45, 7) is -0.659. The van der Waals surface area contributed by atoms with Crippen molar-refractivity contribution in [3.8, 4) is 5.75 Å². The highest BCUT2D eigenvalue weighted by Crippen LogP contribution is 2.28. The molecule has 0 bridgehead atoms. The lowest BCUT2D eigenvalue weighted by Gasteiger charge is -2.15. The van der Waals surface area contributed by atoms with Gasteiger partial charge in [0.25, 0.3) is 0 Å². The highest BCUT2D eigenvalue weighted by Gasteiger charge is 2.20. The molecule has 4 nitrogen and oxygen atoms in total. The zero-order valence-electron chi connectivity index (χ0n) is 19.1. The first-order chi connectivity index (χ1) is 12.8. The third-order valence-electron chi connectivity index (χ3n) is 3.11. The average Bonchev–Trinajstić information content (AvgIpc) is 3.43. The molecule has 22 heavy (non-hydrogen) atoms. The number of aliphatic hydroxyl groups excluding tert-OH is 1. The molecule has 0 radical (unpaired) electrons. The van der Waals surface area contributed by atoms with Gasteiger partial charge in [-0.1, -0.05) is 26.0 Å². The first-order valence-electron chi connectivity index (χ1n) is 10.7. The molecule has 2 N–H and O–H groups in total. The predicted octanol–water partition coefficient (Wildman–Crippen LogP) is 2.39. The number of aryl methyl sites for hydroxylation is 1. The van der Waals surface area contributed by atoms with Crippen molar-refractivity contribution in [2.75, 3.05) is 26.3 Å². The van der Waals surface area contributed by atoms with E-state index in [1.54, 1.807) is 0 Å². The summed E-state index contributed by atoms with van der Waals surface area (Å²) in [5.41, 5.74) is 0.0125. The van der Waals surface area contributed by atoms with Gasteiger partial charge in [0.2, 0.25) is 0 Å². The molecule has 4 heteroatoms. The largest absolute Gasteiger partial charge is 0.491 e. The van der Waals surface area contributed by atoms with Gasteiger partial charge < -0.3 is 19.9 Å². The monoisotopic (exact) mass is 313 g/mol. The molecule has 0 aromatic heterocycles. The van der Waals surface area contributed by atoms with Crippen LogP contribution in [0.5, 0.6) is 5.75 Å². The number of aliphatic hydroxyl groups is 1. The molecule has 1 saturated carbocycles. The second kappa shape index (κ2) is 9.13. The zero-order valence-corrected chi connectivity index (χ0v) is 13.1. The van der Waals surface area contributed by atoms with Crippen molar-refractivity contribution in [2.24, 2.45) is 5.92 Å². The van der Waals surface area contributed by atoms with Crippen molar-refractivity contribution in [3.05, 3.63) is 29.8 Å². The Morgan fingerprint density at radius 1 is 1.32 bits per heavy atom. The van der Waals surface area contributed by atoms with Crippen LogP contribution < -0.4 is 10.1 Å². The standard InChI is InChI=1S/C18H29NO3/c1-14(2)19-11-17(20)13-22-18-7-5-15(6-8-18)9-10-21-12-16-3-4-16/h5-8,14,16-17,19-20H,3-4,9-13H2,1-2H3/i9D2,10D2,12D2. The van der Waals surface area contributed by atoms with E-state index < -0.39 is 31.5 Å². The normalized spacial score (nSPS) is 22.0. The Hall–Kier alpha value is -1.10. The third-order valence-corrected chi connectivity index (χ3v) is 3.11. The lowest BCUT2D eigenvalue weighted by Crippen LogP contribution is -2.35. The van der Waals surface area contributed by atoms with E-state index in [2.05, 4.69) is 5.32 Å². The summed E-state index contributed by atoms with van der Waals surface area (Å²) in [5, 5.41) is 13.0. The number of nitrogens with one attached hydrogen (secondary N) is 1. The predicted molar refractivity (Wildman–Crippen MR) is 88.3 cm³/mol. The molecule has 1 aromatic carbocycles. The highest BCUT2D eigenvalue weighted by atomic mass is 16.5. The minimum Gasteiger partial charge on any atom is -0.491 e. The van der Waals surface area contributed by atoms with Gasteiger partial charge in [-0.25, -0.2) is 0 Å². The van der Waals surface area contributed by atoms with Crippen LogP contribution in [0, 0.1) is 5.92 Å². The van der Waals surface area contributed by atoms with Crippen molar-refractivity contribution in [2.45, 2.75) is 45.2 Å². The summed E-state index contributed by atoms with van der Waals surface area (Å²) in [7, 11) is 0. The van der Waals surface area contributed by atoms with Gasteiger partial charge in [0.15, 0.2) is 0 Å². The fourth-order valence-corrected chi connectivity index (χ4v) is 1.66. The van der Waals surface area contributed by atoms with Crippen LogP contribution in [0.25, 0.3) is 0 Å². The third kappa shape index (κ3) is 7.25. The molecule has 0 amide bonds. The van der Waals surface area contributed by atoms with Gasteiger partial charge in [-0.15, -0.1) is 0 Å². The van der Waals surface area contributed by atoms with E-state index in [9.17, 15) is 5.11 Å². The van der Waals surface area contributed by atoms with Crippen LogP contribution in [0.3, 0.4) is 0 Å². The topological polar surface area (TPSA) is 50.7 Å². The molecule has 1 atom stereocenters. The van der Waals surface area contributed by atoms with Crippen molar-refractivity contribution in [3.63, 3.8) is 0 Å². The molecule has 1 fully saturated rings. The number of ether oxygens (including phenoxy) is 2. The Bertz CT molecular complexity index is 635. The Labute approximate surface area is 142 Å². The molecule has 0 saturated heterocycles. The maximum atomic E-state index is 9.86. The van der Waals surface area contributed by atoms with Gasteiger partial charge in [0, 0.05) is 21.9 Å². The number of benzene rings is 1. The van der Waals surface area contributed by atoms with E-state index >= 15 is 0 Å². The van der Waals surface area contributed by atoms with Crippen molar-refractivity contribution >= 4 is 0 Å². The van der Waals surface area contributed by atoms with Gasteiger partial charge in [-0.05, 0) is 42.8 Å². The molecule has 0 aliphatic heterocycles. The van der Waals surface area contributed by atoms with E-state index in [4.69, 9.17) is 17.7 Å². The van der Waals surface area contributed by atoms with Crippen LogP contribution >= 0.6 is 0 Å². The second-order valence-corrected chi connectivity index (χ2v) is 5.77. The summed E-state index contributed by atoms with van der Waals surface area (Å²) in [4.78, 5) is 0. The SMILES string of the molecule is [2H]C([2H])(OC([2H])([2H])C([2H])([2H])c1ccc(OCC(O)CNC(C)C)cc1)C1CC1. The Morgan fingerprint density at radius 3 is 2.68 bits per heavy atom. The molecule has 1 aromatic rings. The van der Waals surface area contributed by atoms with Crippen LogP contribution in [0.15, 0.2) is 24.3 Å². The molecular formula is C18H29NO3. The lowest BCUT2D eigenvalue weighted by atomic mass is 10.1. The average molecular weight is 313 g/mol. The van der Waals surface area contributed by atoms with Crippen molar-refractivity contribution in [1.82, 2.24) is 5.32 Å². The smallest absolute Gasteiger partial charge is 0.119 e. The molecule has 0 heterocycles. The van der Waals surface area contributed by atoms with Gasteiger partial charge in [-0.3, -0.25) is 0 Å². The highest BCUT2D eigenvalue weighted by molar-refractivity contribution is 5.27. The lowest BCUT2D eigenvalue weighted by molar-refractivity contribution is 0.104. The van der Waals surface area contributed by atoms with Crippen molar-refractivity contribution < 1.29 is 22.8 Å². The maximum Gasteiger partial charge on any atom is 0.119 e. The number of rotatable bonds is 11. The minimum absolute atomic E-state index is 0.0125. The summed E-state index contributed by atoms with van der Waals surface area (Å²) in [5.74, 6) is 0.0173. The van der Waals surface area contributed by atoms with Gasteiger partial charge in [-0.2, -0.15) is 0 Å². The second-order valence-electron chi connectivity index (χ2n) is 5.77. The molecule has 124 valence electrons. The summed E-state index contributed by atoms with van der Waals surface area (Å²) in [6, 6.07) is 5.98. The molecule has 1 aliphatic rings. The fourth-order valence-electron chi connectivity index (χ4n) is 1.66. The summed E-state index contributed by atoms with van der Waals surface area (Å²) < 4.78 is 58.3. The summed E-state index contributed by atoms with van der Waals surface area (Å²) >= 11 is 0. The van der Waals surface area contributed by atoms with E-state index in [1.165, 1.54) is 24.3 Å². The fraction of sp³-hybridized carbons (Fsp3) is 0.667. The van der Waals surface area contributed by atoms with E-state index in [-0.39, 0.29) is 18.2 Å². The van der Waals surface area contributed by atoms with Gasteiger partial charge in [0.05, 0.1) is 12.0 Å². The minimum atomic E-state index is -2.85. The van der Waals surface area contributed by atoms with Crippen LogP contribution in [0.1, 0.15) is 40.5 Å². The van der Waals surface area contributed by atoms with E-state index in [0.717, 1.165) is 0 Å². The summed E-state index contributed by atoms with van der Waals surface area (Å²) in [6.07, 6.45) is -2.04. The van der Waals surface area contributed by atoms with E-state index in [1.807, 2.05) is 13.8 Å². The number of hydrogen-bond donors (Lipinski definition) is 2. The molecule has 1 unspecified atom stereocenters. The van der Waals surface area contributed by atoms with Crippen molar-refractivity contribution in [1.29, 1.82) is 0 Å². The number of hydrogen-bond acceptors (Lipinski definition) is 4. The Balaban J connectivity index is 1.98. The van der Waals surface area contributed by atoms with Crippen LogP contribution in [-0.2, 0) is 11.1 Å². The Kier molecular flexibility index (Phi) is 4.41. The maximum absolute atomic E-state index is 9.86. The first kappa shape index (κ1) is 10.6. The quantitative estimate of drug-likeness (QED) is 0.659. The van der Waals surface area contributed by atoms with Crippen LogP contribution in [-0.4, -0.2) is 43.5 Å². The van der Waals surface area contributed by atoms with E-state index in [0.29, 0.717) is 25.1 Å².